The van der Waals surface area contributed by atoms with Crippen molar-refractivity contribution in [2.45, 2.75) is 6.43 Å². The molecule has 0 heterocycles. The molecule has 6 heteroatoms. The molecule has 0 bridgehead atoms. The van der Waals surface area contributed by atoms with Gasteiger partial charge in [0.05, 0.1) is 12.8 Å². The number of sulfonamides is 1. The molecule has 0 unspecified atom stereocenters. The van der Waals surface area contributed by atoms with E-state index in [1.807, 2.05) is 0 Å². The molecule has 0 aromatic rings. The first-order valence-corrected chi connectivity index (χ1v) is 4.38. The highest BCUT2D eigenvalue weighted by Crippen LogP contribution is 1.99. The fourth-order valence-electron chi connectivity index (χ4n) is 0.330. The van der Waals surface area contributed by atoms with E-state index in [0.717, 1.165) is 13.3 Å². The lowest BCUT2D eigenvalue weighted by Gasteiger charge is -2.11. The van der Waals surface area contributed by atoms with Crippen molar-refractivity contribution in [2.24, 2.45) is 0 Å². The summed E-state index contributed by atoms with van der Waals surface area (Å²) in [5.41, 5.74) is 0. The first-order valence-electron chi connectivity index (χ1n) is 2.53. The van der Waals surface area contributed by atoms with Gasteiger partial charge in [0.1, 0.15) is 0 Å². The molecule has 0 aliphatic heterocycles. The van der Waals surface area contributed by atoms with Crippen LogP contribution in [0.4, 0.5) is 8.78 Å². The van der Waals surface area contributed by atoms with Crippen LogP contribution in [-0.2, 0) is 10.0 Å². The van der Waals surface area contributed by atoms with Crippen molar-refractivity contribution in [3.63, 3.8) is 0 Å². The van der Waals surface area contributed by atoms with Gasteiger partial charge in [-0.2, -0.15) is 4.31 Å². The number of hydrogen-bond donors (Lipinski definition) is 0. The van der Waals surface area contributed by atoms with Crippen LogP contribution >= 0.6 is 0 Å². The smallest absolute Gasteiger partial charge is 0.213 e. The Morgan fingerprint density at radius 3 is 2.00 bits per heavy atom. The molecule has 0 atom stereocenters. The molecule has 0 rings (SSSR count). The van der Waals surface area contributed by atoms with Crippen LogP contribution in [0.3, 0.4) is 0 Å². The zero-order chi connectivity index (χ0) is 8.36. The SMILES string of the molecule is CN(CC(F)F)S(C)(=O)=O. The maximum Gasteiger partial charge on any atom is 0.252 e. The number of hydrogen-bond acceptors (Lipinski definition) is 2. The molecule has 0 aliphatic carbocycles. The monoisotopic (exact) mass is 173 g/mol. The van der Waals surface area contributed by atoms with Crippen molar-refractivity contribution < 1.29 is 17.2 Å². The lowest BCUT2D eigenvalue weighted by atomic mass is 10.7. The molecule has 0 saturated heterocycles. The quantitative estimate of drug-likeness (QED) is 0.609. The van der Waals surface area contributed by atoms with Gasteiger partial charge < -0.3 is 0 Å². The van der Waals surface area contributed by atoms with Gasteiger partial charge in [0, 0.05) is 7.05 Å². The molecule has 0 aliphatic rings. The van der Waals surface area contributed by atoms with Gasteiger partial charge in [-0.15, -0.1) is 0 Å². The summed E-state index contributed by atoms with van der Waals surface area (Å²) in [5, 5.41) is 0. The van der Waals surface area contributed by atoms with Gasteiger partial charge in [-0.05, 0) is 0 Å². The normalized spacial score (nSPS) is 13.0. The van der Waals surface area contributed by atoms with E-state index in [-0.39, 0.29) is 0 Å². The third-order valence-corrected chi connectivity index (χ3v) is 2.24. The molecule has 0 radical (unpaired) electrons. The predicted molar refractivity (Wildman–Crippen MR) is 33.5 cm³/mol. The van der Waals surface area contributed by atoms with E-state index in [1.165, 1.54) is 0 Å². The molecule has 0 spiro atoms. The third-order valence-electron chi connectivity index (χ3n) is 0.961. The second kappa shape index (κ2) is 3.25. The molecule has 62 valence electrons. The Balaban J connectivity index is 3.99. The molecular weight excluding hydrogens is 164 g/mol. The third kappa shape index (κ3) is 3.73. The molecule has 10 heavy (non-hydrogen) atoms. The summed E-state index contributed by atoms with van der Waals surface area (Å²) in [6, 6.07) is 0. The van der Waals surface area contributed by atoms with Crippen LogP contribution in [0, 0.1) is 0 Å². The first kappa shape index (κ1) is 9.77. The van der Waals surface area contributed by atoms with Crippen molar-refractivity contribution in [1.82, 2.24) is 4.31 Å². The fourth-order valence-corrected chi connectivity index (χ4v) is 0.713. The van der Waals surface area contributed by atoms with Crippen molar-refractivity contribution in [3.05, 3.63) is 0 Å². The fraction of sp³-hybridized carbons (Fsp3) is 1.00. The van der Waals surface area contributed by atoms with Crippen molar-refractivity contribution >= 4 is 10.0 Å². The number of halogens is 2. The molecule has 0 aromatic heterocycles. The van der Waals surface area contributed by atoms with E-state index in [1.54, 1.807) is 0 Å². The van der Waals surface area contributed by atoms with E-state index in [0.29, 0.717) is 4.31 Å². The number of nitrogens with zero attached hydrogens (tertiary/aromatic N) is 1. The van der Waals surface area contributed by atoms with Gasteiger partial charge in [0.25, 0.3) is 6.43 Å². The van der Waals surface area contributed by atoms with E-state index in [4.69, 9.17) is 0 Å². The van der Waals surface area contributed by atoms with Crippen LogP contribution in [0.25, 0.3) is 0 Å². The second-order valence-electron chi connectivity index (χ2n) is 1.93. The summed E-state index contributed by atoms with van der Waals surface area (Å²) < 4.78 is 44.5. The van der Waals surface area contributed by atoms with Gasteiger partial charge in [0.15, 0.2) is 0 Å². The van der Waals surface area contributed by atoms with E-state index in [9.17, 15) is 17.2 Å². The van der Waals surface area contributed by atoms with Gasteiger partial charge in [-0.25, -0.2) is 17.2 Å². The molecule has 0 N–H and O–H groups in total. The van der Waals surface area contributed by atoms with Crippen LogP contribution in [0.5, 0.6) is 0 Å². The second-order valence-corrected chi connectivity index (χ2v) is 4.02. The Bertz CT molecular complexity index is 189. The zero-order valence-corrected chi connectivity index (χ0v) is 6.53. The van der Waals surface area contributed by atoms with Gasteiger partial charge >= 0.3 is 0 Å². The lowest BCUT2D eigenvalue weighted by Crippen LogP contribution is -2.30. The Morgan fingerprint density at radius 2 is 1.90 bits per heavy atom. The minimum absolute atomic E-state index is 0.609. The average Bonchev–Trinajstić information content (AvgIpc) is 1.60. The minimum atomic E-state index is -3.44. The highest BCUT2D eigenvalue weighted by atomic mass is 32.2. The van der Waals surface area contributed by atoms with Gasteiger partial charge in [-0.3, -0.25) is 0 Å². The summed E-state index contributed by atoms with van der Waals surface area (Å²) in [5.74, 6) is 0. The summed E-state index contributed by atoms with van der Waals surface area (Å²) in [7, 11) is -2.33. The summed E-state index contributed by atoms with van der Waals surface area (Å²) in [4.78, 5) is 0. The van der Waals surface area contributed by atoms with Crippen LogP contribution < -0.4 is 0 Å². The molecule has 3 nitrogen and oxygen atoms in total. The van der Waals surface area contributed by atoms with Crippen LogP contribution in [0.1, 0.15) is 0 Å². The van der Waals surface area contributed by atoms with Gasteiger partial charge in [-0.1, -0.05) is 0 Å². The maximum absolute atomic E-state index is 11.5. The van der Waals surface area contributed by atoms with Crippen molar-refractivity contribution in [2.75, 3.05) is 19.8 Å². The molecule has 0 saturated carbocycles. The predicted octanol–water partition coefficient (Wildman–Crippen LogP) is 0.143. The minimum Gasteiger partial charge on any atom is -0.213 e. The summed E-state index contributed by atoms with van der Waals surface area (Å²) in [6.07, 6.45) is -1.73. The molecular formula is C4H9F2NO2S. The Kier molecular flexibility index (Phi) is 3.17. The molecule has 0 aromatic carbocycles. The summed E-state index contributed by atoms with van der Waals surface area (Å²) >= 11 is 0. The van der Waals surface area contributed by atoms with Crippen LogP contribution in [0.15, 0.2) is 0 Å². The highest BCUT2D eigenvalue weighted by molar-refractivity contribution is 7.88. The van der Waals surface area contributed by atoms with E-state index < -0.39 is 23.0 Å². The standard InChI is InChI=1S/C4H9F2NO2S/c1-7(3-4(5)6)10(2,8)9/h4H,3H2,1-2H3. The van der Waals surface area contributed by atoms with E-state index >= 15 is 0 Å². The van der Waals surface area contributed by atoms with Crippen LogP contribution in [-0.4, -0.2) is 39.0 Å². The Morgan fingerprint density at radius 1 is 1.50 bits per heavy atom. The molecule has 0 fully saturated rings. The largest absolute Gasteiger partial charge is 0.252 e. The highest BCUT2D eigenvalue weighted by Gasteiger charge is 2.15. The van der Waals surface area contributed by atoms with Gasteiger partial charge in [0.2, 0.25) is 10.0 Å². The Labute approximate surface area is 58.7 Å². The average molecular weight is 173 g/mol. The zero-order valence-electron chi connectivity index (χ0n) is 5.71. The summed E-state index contributed by atoms with van der Waals surface area (Å²) in [6.45, 7) is -0.737. The first-order chi connectivity index (χ1) is 4.34. The number of alkyl halides is 2. The van der Waals surface area contributed by atoms with Crippen molar-refractivity contribution in [1.29, 1.82) is 0 Å². The van der Waals surface area contributed by atoms with Crippen LogP contribution in [0.2, 0.25) is 0 Å². The lowest BCUT2D eigenvalue weighted by molar-refractivity contribution is 0.126. The van der Waals surface area contributed by atoms with E-state index in [2.05, 4.69) is 0 Å². The number of rotatable bonds is 3. The topological polar surface area (TPSA) is 37.4 Å². The maximum atomic E-state index is 11.5. The molecule has 0 amide bonds. The van der Waals surface area contributed by atoms with Crippen molar-refractivity contribution in [3.8, 4) is 0 Å². The Hall–Kier alpha value is -0.230.